The van der Waals surface area contributed by atoms with Crippen LogP contribution in [0.25, 0.3) is 0 Å². The quantitative estimate of drug-likeness (QED) is 0.163. The standard InChI is InChI=1S/C35H38ClN3O4S/c1-3-4-21-37-35(41)33(24-28-14-7-5-8-15-28)38(25-29-16-12-17-30(36)23-29)34(40)26-39(31-18-11-13-27(2)22-31)44(42,43)32-19-9-6-10-20-32/h5-20,22-23,33H,3-4,21,24-26H2,1-2H3,(H,37,41)/t33-/m1/s1. The fourth-order valence-corrected chi connectivity index (χ4v) is 6.56. The summed E-state index contributed by atoms with van der Waals surface area (Å²) in [5, 5.41) is 3.49. The Balaban J connectivity index is 1.78. The minimum Gasteiger partial charge on any atom is -0.354 e. The maximum atomic E-state index is 14.5. The van der Waals surface area contributed by atoms with Gasteiger partial charge in [-0.1, -0.05) is 97.7 Å². The molecule has 0 aliphatic carbocycles. The molecule has 230 valence electrons. The second-order valence-electron chi connectivity index (χ2n) is 10.7. The van der Waals surface area contributed by atoms with Crippen molar-refractivity contribution in [2.24, 2.45) is 0 Å². The summed E-state index contributed by atoms with van der Waals surface area (Å²) in [5.41, 5.74) is 2.80. The summed E-state index contributed by atoms with van der Waals surface area (Å²) >= 11 is 6.30. The molecule has 1 atom stereocenters. The molecule has 0 bridgehead atoms. The van der Waals surface area contributed by atoms with E-state index in [9.17, 15) is 18.0 Å². The number of carbonyl (C=O) groups is 2. The Morgan fingerprint density at radius 2 is 1.50 bits per heavy atom. The number of anilines is 1. The molecule has 1 N–H and O–H groups in total. The molecule has 2 amide bonds. The average molecular weight is 632 g/mol. The Hall–Kier alpha value is -4.14. The number of carbonyl (C=O) groups excluding carboxylic acids is 2. The van der Waals surface area contributed by atoms with Gasteiger partial charge in [0.15, 0.2) is 0 Å². The molecule has 0 saturated carbocycles. The van der Waals surface area contributed by atoms with Crippen molar-refractivity contribution in [2.45, 2.75) is 50.6 Å². The molecule has 0 unspecified atom stereocenters. The predicted molar refractivity (Wildman–Crippen MR) is 176 cm³/mol. The van der Waals surface area contributed by atoms with E-state index in [1.807, 2.05) is 56.3 Å². The number of amides is 2. The van der Waals surface area contributed by atoms with Crippen molar-refractivity contribution in [2.75, 3.05) is 17.4 Å². The number of rotatable bonds is 14. The third-order valence-electron chi connectivity index (χ3n) is 7.24. The number of unbranched alkanes of at least 4 members (excludes halogenated alkanes) is 1. The van der Waals surface area contributed by atoms with Crippen LogP contribution in [0.4, 0.5) is 5.69 Å². The Bertz CT molecular complexity index is 1650. The van der Waals surface area contributed by atoms with Gasteiger partial charge in [0.25, 0.3) is 10.0 Å². The number of halogens is 1. The summed E-state index contributed by atoms with van der Waals surface area (Å²) in [6.07, 6.45) is 1.95. The van der Waals surface area contributed by atoms with Crippen LogP contribution in [-0.2, 0) is 32.6 Å². The van der Waals surface area contributed by atoms with Crippen molar-refractivity contribution in [1.29, 1.82) is 0 Å². The maximum Gasteiger partial charge on any atom is 0.264 e. The van der Waals surface area contributed by atoms with Gasteiger partial charge in [-0.2, -0.15) is 0 Å². The van der Waals surface area contributed by atoms with Crippen LogP contribution in [-0.4, -0.2) is 44.3 Å². The SMILES string of the molecule is CCCCNC(=O)[C@@H](Cc1ccccc1)N(Cc1cccc(Cl)c1)C(=O)CN(c1cccc(C)c1)S(=O)(=O)c1ccccc1. The number of benzene rings is 4. The second-order valence-corrected chi connectivity index (χ2v) is 13.0. The van der Waals surface area contributed by atoms with Crippen LogP contribution in [0.15, 0.2) is 114 Å². The lowest BCUT2D eigenvalue weighted by Crippen LogP contribution is -2.53. The van der Waals surface area contributed by atoms with Gasteiger partial charge in [0, 0.05) is 24.5 Å². The highest BCUT2D eigenvalue weighted by molar-refractivity contribution is 7.92. The fraction of sp³-hybridized carbons (Fsp3) is 0.257. The van der Waals surface area contributed by atoms with Crippen molar-refractivity contribution in [3.05, 3.63) is 131 Å². The topological polar surface area (TPSA) is 86.8 Å². The Labute approximate surface area is 265 Å². The molecule has 44 heavy (non-hydrogen) atoms. The highest BCUT2D eigenvalue weighted by atomic mass is 35.5. The lowest BCUT2D eigenvalue weighted by atomic mass is 10.0. The number of aryl methyl sites for hydroxylation is 1. The van der Waals surface area contributed by atoms with Gasteiger partial charge in [-0.15, -0.1) is 0 Å². The lowest BCUT2D eigenvalue weighted by molar-refractivity contribution is -0.140. The van der Waals surface area contributed by atoms with E-state index in [1.54, 1.807) is 54.6 Å². The zero-order chi connectivity index (χ0) is 31.5. The number of hydrogen-bond acceptors (Lipinski definition) is 4. The molecule has 0 fully saturated rings. The van der Waals surface area contributed by atoms with Gasteiger partial charge in [0.2, 0.25) is 11.8 Å². The lowest BCUT2D eigenvalue weighted by Gasteiger charge is -2.34. The van der Waals surface area contributed by atoms with E-state index in [0.29, 0.717) is 17.3 Å². The van der Waals surface area contributed by atoms with Crippen molar-refractivity contribution >= 4 is 39.1 Å². The van der Waals surface area contributed by atoms with Crippen LogP contribution in [0.3, 0.4) is 0 Å². The van der Waals surface area contributed by atoms with Crippen molar-refractivity contribution < 1.29 is 18.0 Å². The van der Waals surface area contributed by atoms with Crippen molar-refractivity contribution in [1.82, 2.24) is 10.2 Å². The van der Waals surface area contributed by atoms with E-state index in [1.165, 1.54) is 17.0 Å². The summed E-state index contributed by atoms with van der Waals surface area (Å²) in [5.74, 6) is -0.816. The normalized spacial score (nSPS) is 11.9. The molecule has 4 rings (SSSR count). The summed E-state index contributed by atoms with van der Waals surface area (Å²) < 4.78 is 29.2. The molecule has 9 heteroatoms. The summed E-state index contributed by atoms with van der Waals surface area (Å²) in [6.45, 7) is 3.92. The fourth-order valence-electron chi connectivity index (χ4n) is 4.92. The first kappa shape index (κ1) is 32.8. The van der Waals surface area contributed by atoms with Crippen molar-refractivity contribution in [3.8, 4) is 0 Å². The average Bonchev–Trinajstić information content (AvgIpc) is 3.02. The van der Waals surface area contributed by atoms with E-state index in [-0.39, 0.29) is 23.8 Å². The first-order valence-electron chi connectivity index (χ1n) is 14.7. The molecule has 0 saturated heterocycles. The summed E-state index contributed by atoms with van der Waals surface area (Å²) in [7, 11) is -4.14. The van der Waals surface area contributed by atoms with Gasteiger partial charge in [0.05, 0.1) is 10.6 Å². The number of nitrogens with zero attached hydrogens (tertiary/aromatic N) is 2. The smallest absolute Gasteiger partial charge is 0.264 e. The van der Waals surface area contributed by atoms with Gasteiger partial charge in [-0.25, -0.2) is 8.42 Å². The molecule has 4 aromatic carbocycles. The van der Waals surface area contributed by atoms with E-state index in [4.69, 9.17) is 11.6 Å². The number of hydrogen-bond donors (Lipinski definition) is 1. The third kappa shape index (κ3) is 8.71. The molecule has 0 heterocycles. The van der Waals surface area contributed by atoms with Gasteiger partial charge in [-0.3, -0.25) is 13.9 Å². The summed E-state index contributed by atoms with van der Waals surface area (Å²) in [4.78, 5) is 29.8. The van der Waals surface area contributed by atoms with Gasteiger partial charge in [-0.05, 0) is 66.4 Å². The van der Waals surface area contributed by atoms with Crippen LogP contribution in [0, 0.1) is 6.92 Å². The van der Waals surface area contributed by atoms with E-state index in [2.05, 4.69) is 5.32 Å². The molecule has 0 radical (unpaired) electrons. The minimum absolute atomic E-state index is 0.0606. The van der Waals surface area contributed by atoms with Crippen LogP contribution < -0.4 is 9.62 Å². The number of sulfonamides is 1. The maximum absolute atomic E-state index is 14.5. The zero-order valence-corrected chi connectivity index (χ0v) is 26.6. The number of nitrogens with one attached hydrogen (secondary N) is 1. The molecule has 4 aromatic rings. The zero-order valence-electron chi connectivity index (χ0n) is 25.0. The predicted octanol–water partition coefficient (Wildman–Crippen LogP) is 6.40. The highest BCUT2D eigenvalue weighted by Crippen LogP contribution is 2.26. The van der Waals surface area contributed by atoms with Crippen LogP contribution in [0.5, 0.6) is 0 Å². The third-order valence-corrected chi connectivity index (χ3v) is 9.27. The van der Waals surface area contributed by atoms with Crippen LogP contribution in [0.1, 0.15) is 36.5 Å². The van der Waals surface area contributed by atoms with Crippen LogP contribution >= 0.6 is 11.6 Å². The second kappa shape index (κ2) is 15.5. The summed E-state index contributed by atoms with van der Waals surface area (Å²) in [6, 6.07) is 30.7. The Kier molecular flexibility index (Phi) is 11.6. The van der Waals surface area contributed by atoms with Gasteiger partial charge < -0.3 is 10.2 Å². The molecule has 0 aliphatic rings. The van der Waals surface area contributed by atoms with E-state index < -0.39 is 28.5 Å². The monoisotopic (exact) mass is 631 g/mol. The molecule has 0 aromatic heterocycles. The molecule has 0 spiro atoms. The van der Waals surface area contributed by atoms with E-state index >= 15 is 0 Å². The first-order valence-corrected chi connectivity index (χ1v) is 16.5. The first-order chi connectivity index (χ1) is 21.2. The minimum atomic E-state index is -4.14. The van der Waals surface area contributed by atoms with E-state index in [0.717, 1.165) is 33.8 Å². The van der Waals surface area contributed by atoms with Gasteiger partial charge >= 0.3 is 0 Å². The highest BCUT2D eigenvalue weighted by Gasteiger charge is 2.34. The molecule has 0 aliphatic heterocycles. The molecular weight excluding hydrogens is 594 g/mol. The Morgan fingerprint density at radius 1 is 0.841 bits per heavy atom. The van der Waals surface area contributed by atoms with Crippen LogP contribution in [0.2, 0.25) is 5.02 Å². The Morgan fingerprint density at radius 3 is 2.16 bits per heavy atom. The molecular formula is C35H38ClN3O4S. The van der Waals surface area contributed by atoms with Gasteiger partial charge in [0.1, 0.15) is 12.6 Å². The largest absolute Gasteiger partial charge is 0.354 e. The molecule has 7 nitrogen and oxygen atoms in total. The van der Waals surface area contributed by atoms with Crippen molar-refractivity contribution in [3.63, 3.8) is 0 Å².